The first-order valence-electron chi connectivity index (χ1n) is 4.12. The lowest BCUT2D eigenvalue weighted by Gasteiger charge is -2.10. The van der Waals surface area contributed by atoms with Crippen LogP contribution >= 0.6 is 0 Å². The molecule has 0 aromatic heterocycles. The molecule has 0 saturated heterocycles. The van der Waals surface area contributed by atoms with Crippen LogP contribution in [0.3, 0.4) is 0 Å². The predicted molar refractivity (Wildman–Crippen MR) is 54.2 cm³/mol. The van der Waals surface area contributed by atoms with Crippen LogP contribution in [0.2, 0.25) is 0 Å². The number of rotatable bonds is 6. The smallest absolute Gasteiger partial charge is 0.0942 e. The van der Waals surface area contributed by atoms with Gasteiger partial charge in [-0.3, -0.25) is 0 Å². The minimum absolute atomic E-state index is 0.246. The van der Waals surface area contributed by atoms with Crippen LogP contribution in [0.15, 0.2) is 36.6 Å². The summed E-state index contributed by atoms with van der Waals surface area (Å²) in [6.45, 7) is 9.25. The topological polar surface area (TPSA) is 52.5 Å². The molecule has 3 nitrogen and oxygen atoms in total. The van der Waals surface area contributed by atoms with Crippen molar-refractivity contribution in [2.24, 2.45) is 0 Å². The van der Waals surface area contributed by atoms with Crippen LogP contribution in [0.4, 0.5) is 0 Å². The average Bonchev–Trinajstić information content (AvgIpc) is 2.10. The van der Waals surface area contributed by atoms with E-state index in [1.165, 1.54) is 0 Å². The summed E-state index contributed by atoms with van der Waals surface area (Å²) in [6, 6.07) is 0. The molecule has 0 fully saturated rings. The zero-order valence-corrected chi connectivity index (χ0v) is 7.95. The Bertz CT molecular complexity index is 209. The lowest BCUT2D eigenvalue weighted by Crippen LogP contribution is -2.28. The Morgan fingerprint density at radius 3 is 2.62 bits per heavy atom. The molecule has 0 aliphatic heterocycles. The minimum Gasteiger partial charge on any atom is -0.394 e. The van der Waals surface area contributed by atoms with Crippen LogP contribution in [0.25, 0.3) is 0 Å². The van der Waals surface area contributed by atoms with Gasteiger partial charge in [0.2, 0.25) is 0 Å². The number of hydrogen-bond donors (Lipinski definition) is 3. The Balaban J connectivity index is 3.99. The van der Waals surface area contributed by atoms with Crippen molar-refractivity contribution in [1.29, 1.82) is 0 Å². The highest BCUT2D eigenvalue weighted by Crippen LogP contribution is 1.97. The van der Waals surface area contributed by atoms with Crippen molar-refractivity contribution < 1.29 is 10.2 Å². The second-order valence-electron chi connectivity index (χ2n) is 2.87. The van der Waals surface area contributed by atoms with Gasteiger partial charge in [0.1, 0.15) is 0 Å². The molecule has 13 heavy (non-hydrogen) atoms. The Labute approximate surface area is 79.1 Å². The summed E-state index contributed by atoms with van der Waals surface area (Å²) in [5, 5.41) is 20.5. The molecule has 0 amide bonds. The largest absolute Gasteiger partial charge is 0.394 e. The third-order valence-corrected chi connectivity index (χ3v) is 1.37. The molecule has 74 valence electrons. The van der Waals surface area contributed by atoms with E-state index in [0.29, 0.717) is 6.54 Å². The number of aliphatic hydroxyl groups is 2. The van der Waals surface area contributed by atoms with Gasteiger partial charge in [-0.15, -0.1) is 0 Å². The molecule has 3 N–H and O–H groups in total. The first-order valence-corrected chi connectivity index (χ1v) is 4.12. The molecular formula is C10H17NO2. The number of allylic oxidation sites excluding steroid dienone is 3. The molecule has 0 radical (unpaired) electrons. The summed E-state index contributed by atoms with van der Waals surface area (Å²) in [4.78, 5) is 0. The van der Waals surface area contributed by atoms with Gasteiger partial charge in [-0.05, 0) is 19.1 Å². The molecular weight excluding hydrogens is 166 g/mol. The van der Waals surface area contributed by atoms with E-state index in [9.17, 15) is 0 Å². The highest BCUT2D eigenvalue weighted by Gasteiger charge is 2.00. The van der Waals surface area contributed by atoms with E-state index >= 15 is 0 Å². The maximum absolute atomic E-state index is 9.04. The van der Waals surface area contributed by atoms with Gasteiger partial charge in [0, 0.05) is 12.2 Å². The lowest BCUT2D eigenvalue weighted by atomic mass is 10.2. The van der Waals surface area contributed by atoms with Crippen LogP contribution in [-0.4, -0.2) is 29.5 Å². The van der Waals surface area contributed by atoms with E-state index in [1.54, 1.807) is 6.08 Å². The Hall–Kier alpha value is -1.06. The summed E-state index contributed by atoms with van der Waals surface area (Å²) in [6.07, 6.45) is 2.71. The molecule has 3 heteroatoms. The van der Waals surface area contributed by atoms with E-state index < -0.39 is 6.10 Å². The zero-order valence-electron chi connectivity index (χ0n) is 7.95. The first-order chi connectivity index (χ1) is 6.10. The highest BCUT2D eigenvalue weighted by molar-refractivity contribution is 5.24. The third kappa shape index (κ3) is 6.13. The van der Waals surface area contributed by atoms with E-state index in [2.05, 4.69) is 18.5 Å². The summed E-state index contributed by atoms with van der Waals surface area (Å²) in [5.74, 6) is 0. The maximum Gasteiger partial charge on any atom is 0.0942 e. The van der Waals surface area contributed by atoms with Gasteiger partial charge in [-0.25, -0.2) is 0 Å². The summed E-state index contributed by atoms with van der Waals surface area (Å²) in [5.41, 5.74) is 1.70. The van der Waals surface area contributed by atoms with Crippen molar-refractivity contribution in [2.75, 3.05) is 13.2 Å². The van der Waals surface area contributed by atoms with E-state index in [1.807, 2.05) is 13.0 Å². The average molecular weight is 183 g/mol. The molecule has 0 bridgehead atoms. The molecule has 0 heterocycles. The van der Waals surface area contributed by atoms with Gasteiger partial charge in [-0.2, -0.15) is 0 Å². The number of hydrogen-bond acceptors (Lipinski definition) is 3. The van der Waals surface area contributed by atoms with Crippen LogP contribution in [0.1, 0.15) is 6.92 Å². The van der Waals surface area contributed by atoms with E-state index in [-0.39, 0.29) is 6.61 Å². The van der Waals surface area contributed by atoms with Crippen molar-refractivity contribution in [3.05, 3.63) is 36.6 Å². The molecule has 0 aliphatic rings. The van der Waals surface area contributed by atoms with Gasteiger partial charge >= 0.3 is 0 Å². The second kappa shape index (κ2) is 6.46. The molecule has 1 unspecified atom stereocenters. The Morgan fingerprint density at radius 2 is 2.23 bits per heavy atom. The quantitative estimate of drug-likeness (QED) is 0.528. The van der Waals surface area contributed by atoms with Gasteiger partial charge in [0.25, 0.3) is 0 Å². The molecule has 0 saturated carbocycles. The van der Waals surface area contributed by atoms with Gasteiger partial charge < -0.3 is 15.5 Å². The normalized spacial score (nSPS) is 13.6. The van der Waals surface area contributed by atoms with Gasteiger partial charge in [-0.1, -0.05) is 18.7 Å². The fourth-order valence-corrected chi connectivity index (χ4v) is 0.748. The number of nitrogens with one attached hydrogen (secondary N) is 1. The van der Waals surface area contributed by atoms with Crippen molar-refractivity contribution in [1.82, 2.24) is 5.32 Å². The zero-order chi connectivity index (χ0) is 10.3. The van der Waals surface area contributed by atoms with Crippen LogP contribution in [-0.2, 0) is 0 Å². The van der Waals surface area contributed by atoms with E-state index in [4.69, 9.17) is 10.2 Å². The van der Waals surface area contributed by atoms with Crippen LogP contribution in [0, 0.1) is 0 Å². The SMILES string of the molecule is C=C/C(=C\C(=C)C)NCC(O)CO. The highest BCUT2D eigenvalue weighted by atomic mass is 16.3. The van der Waals surface area contributed by atoms with Crippen molar-refractivity contribution in [3.8, 4) is 0 Å². The lowest BCUT2D eigenvalue weighted by molar-refractivity contribution is 0.0967. The van der Waals surface area contributed by atoms with Crippen LogP contribution < -0.4 is 5.32 Å². The molecule has 0 spiro atoms. The van der Waals surface area contributed by atoms with Crippen LogP contribution in [0.5, 0.6) is 0 Å². The van der Waals surface area contributed by atoms with Crippen molar-refractivity contribution >= 4 is 0 Å². The summed E-state index contributed by atoms with van der Waals surface area (Å²) >= 11 is 0. The van der Waals surface area contributed by atoms with E-state index in [0.717, 1.165) is 11.3 Å². The standard InChI is InChI=1S/C10H17NO2/c1-4-9(5-8(2)3)11-6-10(13)7-12/h4-5,10-13H,1-2,6-7H2,3H3/b9-5+. The summed E-state index contributed by atoms with van der Waals surface area (Å²) < 4.78 is 0. The van der Waals surface area contributed by atoms with Gasteiger partial charge in [0.05, 0.1) is 12.7 Å². The fraction of sp³-hybridized carbons (Fsp3) is 0.400. The van der Waals surface area contributed by atoms with Crippen molar-refractivity contribution in [3.63, 3.8) is 0 Å². The molecule has 1 atom stereocenters. The van der Waals surface area contributed by atoms with Gasteiger partial charge in [0.15, 0.2) is 0 Å². The fourth-order valence-electron chi connectivity index (χ4n) is 0.748. The van der Waals surface area contributed by atoms with Crippen molar-refractivity contribution in [2.45, 2.75) is 13.0 Å². The molecule has 0 aliphatic carbocycles. The Kier molecular flexibility index (Phi) is 5.93. The summed E-state index contributed by atoms with van der Waals surface area (Å²) in [7, 11) is 0. The molecule has 0 aromatic rings. The Morgan fingerprint density at radius 1 is 1.62 bits per heavy atom. The predicted octanol–water partition coefficient (Wildman–Crippen LogP) is 0.575. The minimum atomic E-state index is -0.742. The number of aliphatic hydroxyl groups excluding tert-OH is 2. The monoisotopic (exact) mass is 183 g/mol. The first kappa shape index (κ1) is 11.9. The third-order valence-electron chi connectivity index (χ3n) is 1.37. The maximum atomic E-state index is 9.04. The molecule has 0 rings (SSSR count). The molecule has 0 aromatic carbocycles. The second-order valence-corrected chi connectivity index (χ2v) is 2.87.